The summed E-state index contributed by atoms with van der Waals surface area (Å²) in [6, 6.07) is 0.134. The molecule has 0 spiro atoms. The molecule has 1 saturated heterocycles. The molecular weight excluding hydrogens is 220 g/mol. The summed E-state index contributed by atoms with van der Waals surface area (Å²) < 4.78 is 4.66. The van der Waals surface area contributed by atoms with Gasteiger partial charge in [-0.05, 0) is 26.3 Å². The normalized spacial score (nSPS) is 22.9. The molecule has 0 aromatic carbocycles. The van der Waals surface area contributed by atoms with Gasteiger partial charge in [0.15, 0.2) is 0 Å². The fourth-order valence-electron chi connectivity index (χ4n) is 2.28. The molecule has 0 aliphatic carbocycles. The first-order valence-electron chi connectivity index (χ1n) is 6.11. The van der Waals surface area contributed by atoms with Gasteiger partial charge in [-0.2, -0.15) is 0 Å². The van der Waals surface area contributed by atoms with Crippen molar-refractivity contribution >= 4 is 11.9 Å². The number of nitrogens with zero attached hydrogens (tertiary/aromatic N) is 1. The quantitative estimate of drug-likeness (QED) is 0.725. The van der Waals surface area contributed by atoms with E-state index in [1.807, 2.05) is 6.92 Å². The number of carbonyl (C=O) groups is 2. The number of esters is 1. The van der Waals surface area contributed by atoms with Gasteiger partial charge < -0.3 is 10.1 Å². The summed E-state index contributed by atoms with van der Waals surface area (Å²) in [6.07, 6.45) is 2.32. The van der Waals surface area contributed by atoms with Crippen molar-refractivity contribution in [2.75, 3.05) is 27.2 Å². The van der Waals surface area contributed by atoms with Crippen LogP contribution in [0.2, 0.25) is 0 Å². The second-order valence-corrected chi connectivity index (χ2v) is 4.58. The number of ether oxygens (including phenoxy) is 1. The molecule has 2 unspecified atom stereocenters. The van der Waals surface area contributed by atoms with Crippen LogP contribution in [0.1, 0.15) is 26.2 Å². The molecule has 2 atom stereocenters. The zero-order chi connectivity index (χ0) is 12.8. The molecule has 0 saturated carbocycles. The summed E-state index contributed by atoms with van der Waals surface area (Å²) in [5.41, 5.74) is 0. The number of methoxy groups -OCH3 is 1. The van der Waals surface area contributed by atoms with Gasteiger partial charge in [0, 0.05) is 19.6 Å². The molecule has 1 aliphatic heterocycles. The van der Waals surface area contributed by atoms with Gasteiger partial charge in [0.05, 0.1) is 19.4 Å². The van der Waals surface area contributed by atoms with E-state index < -0.39 is 0 Å². The molecule has 1 aliphatic rings. The smallest absolute Gasteiger partial charge is 0.307 e. The van der Waals surface area contributed by atoms with Crippen molar-refractivity contribution in [3.63, 3.8) is 0 Å². The van der Waals surface area contributed by atoms with E-state index in [0.717, 1.165) is 25.9 Å². The Hall–Kier alpha value is -1.10. The minimum atomic E-state index is -0.195. The first-order valence-corrected chi connectivity index (χ1v) is 6.11. The van der Waals surface area contributed by atoms with Crippen LogP contribution in [-0.2, 0) is 14.3 Å². The van der Waals surface area contributed by atoms with Crippen molar-refractivity contribution in [3.05, 3.63) is 0 Å². The van der Waals surface area contributed by atoms with E-state index >= 15 is 0 Å². The molecule has 1 fully saturated rings. The summed E-state index contributed by atoms with van der Waals surface area (Å²) >= 11 is 0. The molecule has 1 N–H and O–H groups in total. The highest BCUT2D eigenvalue weighted by Crippen LogP contribution is 2.19. The van der Waals surface area contributed by atoms with E-state index in [-0.39, 0.29) is 23.8 Å². The molecule has 98 valence electrons. The monoisotopic (exact) mass is 242 g/mol. The third kappa shape index (κ3) is 4.00. The second kappa shape index (κ2) is 6.59. The summed E-state index contributed by atoms with van der Waals surface area (Å²) in [5.74, 6) is -0.0478. The Bertz CT molecular complexity index is 281. The van der Waals surface area contributed by atoms with Gasteiger partial charge in [-0.25, -0.2) is 0 Å². The molecule has 0 bridgehead atoms. The number of likely N-dealkylation sites (tertiary alicyclic amines) is 1. The van der Waals surface area contributed by atoms with Gasteiger partial charge in [-0.15, -0.1) is 0 Å². The third-order valence-corrected chi connectivity index (χ3v) is 3.38. The average Bonchev–Trinajstić information content (AvgIpc) is 2.37. The number of carbonyl (C=O) groups excluding carboxylic acids is 2. The van der Waals surface area contributed by atoms with E-state index in [1.165, 1.54) is 7.11 Å². The predicted octanol–water partition coefficient (Wildman–Crippen LogP) is 0.396. The number of rotatable bonds is 4. The molecule has 1 amide bonds. The first kappa shape index (κ1) is 14.0. The summed E-state index contributed by atoms with van der Waals surface area (Å²) in [5, 5.41) is 2.69. The largest absolute Gasteiger partial charge is 0.469 e. The lowest BCUT2D eigenvalue weighted by molar-refractivity contribution is -0.142. The van der Waals surface area contributed by atoms with Crippen LogP contribution in [0.15, 0.2) is 0 Å². The fourth-order valence-corrected chi connectivity index (χ4v) is 2.28. The number of piperidine rings is 1. The molecule has 17 heavy (non-hydrogen) atoms. The summed E-state index contributed by atoms with van der Waals surface area (Å²) in [6.45, 7) is 3.69. The molecule has 0 radical (unpaired) electrons. The average molecular weight is 242 g/mol. The Balaban J connectivity index is 2.48. The molecule has 1 heterocycles. The first-order chi connectivity index (χ1) is 8.08. The van der Waals surface area contributed by atoms with Crippen LogP contribution in [0.3, 0.4) is 0 Å². The van der Waals surface area contributed by atoms with Crippen LogP contribution in [-0.4, -0.2) is 50.1 Å². The summed E-state index contributed by atoms with van der Waals surface area (Å²) in [4.78, 5) is 25.0. The zero-order valence-electron chi connectivity index (χ0n) is 10.9. The Morgan fingerprint density at radius 1 is 1.53 bits per heavy atom. The molecule has 1 rings (SSSR count). The fraction of sp³-hybridized carbons (Fsp3) is 0.833. The van der Waals surface area contributed by atoms with Gasteiger partial charge in [0.2, 0.25) is 5.91 Å². The molecule has 0 aromatic heterocycles. The molecule has 0 aromatic rings. The number of nitrogens with one attached hydrogen (secondary N) is 1. The number of hydrogen-bond donors (Lipinski definition) is 1. The standard InChI is InChI=1S/C12H22N2O3/c1-9(7-11(15)17-3)14-6-4-5-10(8-14)12(16)13-2/h9-10H,4-8H2,1-3H3,(H,13,16). The minimum absolute atomic E-state index is 0.0499. The maximum absolute atomic E-state index is 11.6. The van der Waals surface area contributed by atoms with Crippen LogP contribution in [0.4, 0.5) is 0 Å². The second-order valence-electron chi connectivity index (χ2n) is 4.58. The number of amides is 1. The number of hydrogen-bond acceptors (Lipinski definition) is 4. The van der Waals surface area contributed by atoms with Gasteiger partial charge in [0.25, 0.3) is 0 Å². The van der Waals surface area contributed by atoms with Crippen molar-refractivity contribution in [2.24, 2.45) is 5.92 Å². The van der Waals surface area contributed by atoms with Crippen molar-refractivity contribution in [1.82, 2.24) is 10.2 Å². The van der Waals surface area contributed by atoms with Crippen molar-refractivity contribution in [1.29, 1.82) is 0 Å². The predicted molar refractivity (Wildman–Crippen MR) is 64.5 cm³/mol. The Kier molecular flexibility index (Phi) is 5.41. The van der Waals surface area contributed by atoms with E-state index in [2.05, 4.69) is 15.0 Å². The van der Waals surface area contributed by atoms with E-state index in [1.54, 1.807) is 7.05 Å². The SMILES string of the molecule is CNC(=O)C1CCCN(C(C)CC(=O)OC)C1. The highest BCUT2D eigenvalue weighted by atomic mass is 16.5. The van der Waals surface area contributed by atoms with Gasteiger partial charge in [-0.3, -0.25) is 14.5 Å². The van der Waals surface area contributed by atoms with Crippen molar-refractivity contribution in [2.45, 2.75) is 32.2 Å². The molecule has 5 heteroatoms. The summed E-state index contributed by atoms with van der Waals surface area (Å²) in [7, 11) is 3.07. The lowest BCUT2D eigenvalue weighted by Crippen LogP contribution is -2.46. The van der Waals surface area contributed by atoms with E-state index in [0.29, 0.717) is 6.42 Å². The minimum Gasteiger partial charge on any atom is -0.469 e. The van der Waals surface area contributed by atoms with Crippen LogP contribution in [0.5, 0.6) is 0 Å². The van der Waals surface area contributed by atoms with Gasteiger partial charge >= 0.3 is 5.97 Å². The van der Waals surface area contributed by atoms with Crippen LogP contribution >= 0.6 is 0 Å². The Morgan fingerprint density at radius 2 is 2.24 bits per heavy atom. The maximum atomic E-state index is 11.6. The molecular formula is C12H22N2O3. The Labute approximate surface area is 102 Å². The van der Waals surface area contributed by atoms with Crippen LogP contribution < -0.4 is 5.32 Å². The van der Waals surface area contributed by atoms with Crippen LogP contribution in [0, 0.1) is 5.92 Å². The van der Waals surface area contributed by atoms with E-state index in [9.17, 15) is 9.59 Å². The van der Waals surface area contributed by atoms with Crippen molar-refractivity contribution < 1.29 is 14.3 Å². The maximum Gasteiger partial charge on any atom is 0.307 e. The van der Waals surface area contributed by atoms with Gasteiger partial charge in [-0.1, -0.05) is 0 Å². The lowest BCUT2D eigenvalue weighted by atomic mass is 9.95. The Morgan fingerprint density at radius 3 is 2.82 bits per heavy atom. The van der Waals surface area contributed by atoms with Gasteiger partial charge in [0.1, 0.15) is 0 Å². The highest BCUT2D eigenvalue weighted by Gasteiger charge is 2.28. The van der Waals surface area contributed by atoms with Crippen LogP contribution in [0.25, 0.3) is 0 Å². The lowest BCUT2D eigenvalue weighted by Gasteiger charge is -2.35. The zero-order valence-corrected chi connectivity index (χ0v) is 10.9. The third-order valence-electron chi connectivity index (χ3n) is 3.38. The topological polar surface area (TPSA) is 58.6 Å². The van der Waals surface area contributed by atoms with E-state index in [4.69, 9.17) is 0 Å². The molecule has 5 nitrogen and oxygen atoms in total. The van der Waals surface area contributed by atoms with Crippen molar-refractivity contribution in [3.8, 4) is 0 Å². The highest BCUT2D eigenvalue weighted by molar-refractivity contribution is 5.78.